The normalized spacial score (nSPS) is 14.2. The largest absolute Gasteiger partial charge is 0.399 e. The Morgan fingerprint density at radius 3 is 2.81 bits per heavy atom. The number of aromatic nitrogens is 2. The van der Waals surface area contributed by atoms with E-state index in [1.165, 1.54) is 0 Å². The molecule has 0 atom stereocenters. The summed E-state index contributed by atoms with van der Waals surface area (Å²) in [5.41, 5.74) is 6.81. The lowest BCUT2D eigenvalue weighted by atomic mass is 10.1. The summed E-state index contributed by atoms with van der Waals surface area (Å²) in [7, 11) is 1.93. The molecule has 1 heterocycles. The molecule has 0 spiro atoms. The van der Waals surface area contributed by atoms with Crippen molar-refractivity contribution in [1.82, 2.24) is 14.5 Å². The summed E-state index contributed by atoms with van der Waals surface area (Å²) in [6.07, 6.45) is 5.68. The number of rotatable bonds is 4. The number of hydrogen-bond donors (Lipinski definition) is 1. The molecule has 0 unspecified atom stereocenters. The molecule has 1 aliphatic carbocycles. The van der Waals surface area contributed by atoms with Crippen molar-refractivity contribution in [2.75, 3.05) is 5.73 Å². The standard InChI is InChI=1S/C15H17ClN4O/c1-19-5-4-18-14(19)9-20(13-2-3-13)15(21)10-6-11(16)8-12(17)7-10/h4-8,13H,2-3,9,17H2,1H3. The highest BCUT2D eigenvalue weighted by molar-refractivity contribution is 6.31. The highest BCUT2D eigenvalue weighted by Gasteiger charge is 2.33. The summed E-state index contributed by atoms with van der Waals surface area (Å²) < 4.78 is 1.93. The van der Waals surface area contributed by atoms with Crippen LogP contribution < -0.4 is 5.73 Å². The second kappa shape index (κ2) is 5.41. The van der Waals surface area contributed by atoms with E-state index < -0.39 is 0 Å². The Hall–Kier alpha value is -2.01. The zero-order valence-electron chi connectivity index (χ0n) is 11.8. The molecule has 2 aromatic rings. The number of nitrogens with two attached hydrogens (primary N) is 1. The van der Waals surface area contributed by atoms with Gasteiger partial charge in [0.25, 0.3) is 5.91 Å². The average Bonchev–Trinajstić information content (AvgIpc) is 3.18. The maximum Gasteiger partial charge on any atom is 0.254 e. The minimum Gasteiger partial charge on any atom is -0.399 e. The van der Waals surface area contributed by atoms with Crippen molar-refractivity contribution in [3.05, 3.63) is 47.0 Å². The minimum atomic E-state index is -0.0466. The fourth-order valence-corrected chi connectivity index (χ4v) is 2.60. The van der Waals surface area contributed by atoms with E-state index in [9.17, 15) is 4.79 Å². The van der Waals surface area contributed by atoms with Gasteiger partial charge in [-0.25, -0.2) is 4.98 Å². The van der Waals surface area contributed by atoms with Crippen LogP contribution >= 0.6 is 11.6 Å². The van der Waals surface area contributed by atoms with Gasteiger partial charge in [-0.1, -0.05) is 11.6 Å². The molecule has 21 heavy (non-hydrogen) atoms. The topological polar surface area (TPSA) is 64.2 Å². The van der Waals surface area contributed by atoms with Gasteiger partial charge in [0.1, 0.15) is 5.82 Å². The molecule has 110 valence electrons. The number of nitrogens with zero attached hydrogens (tertiary/aromatic N) is 3. The van der Waals surface area contributed by atoms with Crippen molar-refractivity contribution < 1.29 is 4.79 Å². The Morgan fingerprint density at radius 1 is 1.48 bits per heavy atom. The summed E-state index contributed by atoms with van der Waals surface area (Å²) in [5, 5.41) is 0.478. The predicted molar refractivity (Wildman–Crippen MR) is 82.0 cm³/mol. The van der Waals surface area contributed by atoms with Crippen LogP contribution in [0.3, 0.4) is 0 Å². The molecule has 3 rings (SSSR count). The number of halogens is 1. The van der Waals surface area contributed by atoms with Crippen molar-refractivity contribution in [1.29, 1.82) is 0 Å². The number of amides is 1. The molecule has 1 fully saturated rings. The van der Waals surface area contributed by atoms with Crippen LogP contribution in [0.4, 0.5) is 5.69 Å². The van der Waals surface area contributed by atoms with Gasteiger partial charge in [-0.05, 0) is 31.0 Å². The molecule has 1 aromatic heterocycles. The van der Waals surface area contributed by atoms with E-state index in [-0.39, 0.29) is 11.9 Å². The Labute approximate surface area is 128 Å². The van der Waals surface area contributed by atoms with Gasteiger partial charge in [-0.3, -0.25) is 4.79 Å². The lowest BCUT2D eigenvalue weighted by Gasteiger charge is -2.22. The van der Waals surface area contributed by atoms with E-state index in [0.717, 1.165) is 18.7 Å². The summed E-state index contributed by atoms with van der Waals surface area (Å²) in [4.78, 5) is 18.9. The Kier molecular flexibility index (Phi) is 3.59. The number of nitrogen functional groups attached to an aromatic ring is 1. The van der Waals surface area contributed by atoms with Gasteiger partial charge in [-0.15, -0.1) is 0 Å². The Bertz CT molecular complexity index is 658. The quantitative estimate of drug-likeness (QED) is 0.883. The second-order valence-electron chi connectivity index (χ2n) is 5.39. The second-order valence-corrected chi connectivity index (χ2v) is 5.83. The first-order valence-corrected chi connectivity index (χ1v) is 7.25. The molecule has 0 bridgehead atoms. The third-order valence-corrected chi connectivity index (χ3v) is 3.87. The van der Waals surface area contributed by atoms with Gasteiger partial charge in [0.05, 0.1) is 6.54 Å². The molecule has 1 aliphatic rings. The smallest absolute Gasteiger partial charge is 0.254 e. The van der Waals surface area contributed by atoms with Gasteiger partial charge in [0.2, 0.25) is 0 Å². The molecule has 1 aromatic carbocycles. The van der Waals surface area contributed by atoms with Crippen molar-refractivity contribution in [3.63, 3.8) is 0 Å². The molecule has 5 nitrogen and oxygen atoms in total. The third-order valence-electron chi connectivity index (χ3n) is 3.65. The Balaban J connectivity index is 1.86. The molecule has 0 saturated heterocycles. The Morgan fingerprint density at radius 2 is 2.24 bits per heavy atom. The molecular weight excluding hydrogens is 288 g/mol. The monoisotopic (exact) mass is 304 g/mol. The third kappa shape index (κ3) is 3.03. The van der Waals surface area contributed by atoms with Crippen LogP contribution in [0.5, 0.6) is 0 Å². The van der Waals surface area contributed by atoms with Crippen LogP contribution in [0.25, 0.3) is 0 Å². The first-order chi connectivity index (χ1) is 10.0. The van der Waals surface area contributed by atoms with E-state index in [1.807, 2.05) is 22.7 Å². The van der Waals surface area contributed by atoms with Gasteiger partial charge < -0.3 is 15.2 Å². The molecule has 0 aliphatic heterocycles. The fourth-order valence-electron chi connectivity index (χ4n) is 2.36. The van der Waals surface area contributed by atoms with E-state index in [0.29, 0.717) is 22.8 Å². The number of benzene rings is 1. The van der Waals surface area contributed by atoms with Gasteiger partial charge >= 0.3 is 0 Å². The number of anilines is 1. The lowest BCUT2D eigenvalue weighted by molar-refractivity contribution is 0.0724. The number of carbonyl (C=O) groups is 1. The zero-order chi connectivity index (χ0) is 15.0. The van der Waals surface area contributed by atoms with Gasteiger partial charge in [0.15, 0.2) is 0 Å². The average molecular weight is 305 g/mol. The van der Waals surface area contributed by atoms with E-state index >= 15 is 0 Å². The summed E-state index contributed by atoms with van der Waals surface area (Å²) in [5.74, 6) is 0.819. The number of carbonyl (C=O) groups excluding carboxylic acids is 1. The van der Waals surface area contributed by atoms with Crippen LogP contribution in [0, 0.1) is 0 Å². The van der Waals surface area contributed by atoms with Crippen molar-refractivity contribution in [2.45, 2.75) is 25.4 Å². The SMILES string of the molecule is Cn1ccnc1CN(C(=O)c1cc(N)cc(Cl)c1)C1CC1. The van der Waals surface area contributed by atoms with Crippen molar-refractivity contribution in [2.24, 2.45) is 7.05 Å². The van der Waals surface area contributed by atoms with Crippen LogP contribution in [0.15, 0.2) is 30.6 Å². The van der Waals surface area contributed by atoms with Crippen LogP contribution in [-0.2, 0) is 13.6 Å². The zero-order valence-corrected chi connectivity index (χ0v) is 12.5. The maximum atomic E-state index is 12.7. The van der Waals surface area contributed by atoms with Crippen LogP contribution in [-0.4, -0.2) is 26.4 Å². The summed E-state index contributed by atoms with van der Waals surface area (Å²) in [6.45, 7) is 0.499. The molecule has 6 heteroatoms. The fraction of sp³-hybridized carbons (Fsp3) is 0.333. The molecule has 2 N–H and O–H groups in total. The number of imidazole rings is 1. The van der Waals surface area contributed by atoms with Crippen molar-refractivity contribution >= 4 is 23.2 Å². The highest BCUT2D eigenvalue weighted by atomic mass is 35.5. The van der Waals surface area contributed by atoms with E-state index in [1.54, 1.807) is 24.4 Å². The minimum absolute atomic E-state index is 0.0466. The predicted octanol–water partition coefficient (Wildman–Crippen LogP) is 2.46. The first kappa shape index (κ1) is 13.9. The van der Waals surface area contributed by atoms with Crippen LogP contribution in [0.1, 0.15) is 29.0 Å². The summed E-state index contributed by atoms with van der Waals surface area (Å²) >= 11 is 5.99. The number of aryl methyl sites for hydroxylation is 1. The van der Waals surface area contributed by atoms with Crippen molar-refractivity contribution in [3.8, 4) is 0 Å². The number of hydrogen-bond acceptors (Lipinski definition) is 3. The van der Waals surface area contributed by atoms with E-state index in [4.69, 9.17) is 17.3 Å². The van der Waals surface area contributed by atoms with Gasteiger partial charge in [0, 0.05) is 41.8 Å². The highest BCUT2D eigenvalue weighted by Crippen LogP contribution is 2.30. The maximum absolute atomic E-state index is 12.7. The first-order valence-electron chi connectivity index (χ1n) is 6.88. The molecule has 1 amide bonds. The van der Waals surface area contributed by atoms with Gasteiger partial charge in [-0.2, -0.15) is 0 Å². The van der Waals surface area contributed by atoms with E-state index in [2.05, 4.69) is 4.98 Å². The summed E-state index contributed by atoms with van der Waals surface area (Å²) in [6, 6.07) is 5.25. The lowest BCUT2D eigenvalue weighted by Crippen LogP contribution is -2.33. The molecular formula is C15H17ClN4O. The molecule has 1 saturated carbocycles. The molecule has 0 radical (unpaired) electrons. The van der Waals surface area contributed by atoms with Crippen LogP contribution in [0.2, 0.25) is 5.02 Å².